The molecular formula is C28H32F3N5O3. The van der Waals surface area contributed by atoms with Gasteiger partial charge in [0.2, 0.25) is 0 Å². The van der Waals surface area contributed by atoms with Crippen LogP contribution in [0, 0.1) is 6.92 Å². The Labute approximate surface area is 225 Å². The summed E-state index contributed by atoms with van der Waals surface area (Å²) in [5.74, 6) is 0.491. The van der Waals surface area contributed by atoms with E-state index >= 15 is 0 Å². The van der Waals surface area contributed by atoms with Gasteiger partial charge >= 0.3 is 6.18 Å². The highest BCUT2D eigenvalue weighted by molar-refractivity contribution is 5.95. The summed E-state index contributed by atoms with van der Waals surface area (Å²) in [5, 5.41) is 2.53. The van der Waals surface area contributed by atoms with Gasteiger partial charge < -0.3 is 24.8 Å². The number of aromatic amines is 1. The molecular weight excluding hydrogens is 511 g/mol. The third-order valence-corrected chi connectivity index (χ3v) is 6.79. The lowest BCUT2D eigenvalue weighted by atomic mass is 9.96. The number of carbonyl (C=O) groups excluding carboxylic acids is 2. The second kappa shape index (κ2) is 11.8. The molecule has 2 aromatic heterocycles. The minimum absolute atomic E-state index is 0.0613. The molecule has 1 unspecified atom stereocenters. The van der Waals surface area contributed by atoms with Gasteiger partial charge in [-0.05, 0) is 57.0 Å². The Morgan fingerprint density at radius 2 is 1.79 bits per heavy atom. The van der Waals surface area contributed by atoms with Crippen LogP contribution in [0.15, 0.2) is 61.1 Å². The Hall–Kier alpha value is -4.02. The van der Waals surface area contributed by atoms with Gasteiger partial charge in [-0.15, -0.1) is 0 Å². The van der Waals surface area contributed by atoms with Crippen molar-refractivity contribution in [3.63, 3.8) is 0 Å². The number of nitrogens with zero attached hydrogens (tertiary/aromatic N) is 3. The number of ether oxygens (including phenoxy) is 1. The second-order valence-electron chi connectivity index (χ2n) is 9.76. The van der Waals surface area contributed by atoms with Crippen LogP contribution in [0.4, 0.5) is 19.0 Å². The highest BCUT2D eigenvalue weighted by atomic mass is 19.4. The average Bonchev–Trinajstić information content (AvgIpc) is 3.47. The molecule has 2 amide bonds. The van der Waals surface area contributed by atoms with E-state index in [0.717, 1.165) is 29.8 Å². The van der Waals surface area contributed by atoms with E-state index < -0.39 is 28.8 Å². The molecule has 1 aliphatic rings. The molecule has 0 bridgehead atoms. The molecule has 11 heteroatoms. The number of rotatable bonds is 9. The molecule has 3 heterocycles. The fourth-order valence-electron chi connectivity index (χ4n) is 4.62. The quantitative estimate of drug-likeness (QED) is 0.390. The molecule has 8 nitrogen and oxygen atoms in total. The van der Waals surface area contributed by atoms with Gasteiger partial charge in [0.15, 0.2) is 5.60 Å². The topological polar surface area (TPSA) is 90.6 Å². The van der Waals surface area contributed by atoms with E-state index in [-0.39, 0.29) is 18.9 Å². The predicted molar refractivity (Wildman–Crippen MR) is 141 cm³/mol. The minimum Gasteiger partial charge on any atom is -0.478 e. The van der Waals surface area contributed by atoms with Crippen molar-refractivity contribution in [2.75, 3.05) is 37.6 Å². The fraction of sp³-hybridized carbons (Fsp3) is 0.393. The number of carbonyl (C=O) groups is 2. The number of alkyl halides is 3. The lowest BCUT2D eigenvalue weighted by Crippen LogP contribution is -2.57. The summed E-state index contributed by atoms with van der Waals surface area (Å²) in [6, 6.07) is 12.1. The highest BCUT2D eigenvalue weighted by Gasteiger charge is 2.40. The number of amides is 2. The number of anilines is 1. The van der Waals surface area contributed by atoms with E-state index in [0.29, 0.717) is 38.3 Å². The first-order chi connectivity index (χ1) is 18.6. The summed E-state index contributed by atoms with van der Waals surface area (Å²) in [7, 11) is 0. The number of piperazine rings is 1. The number of aromatic nitrogens is 2. The molecule has 1 aromatic carbocycles. The predicted octanol–water partition coefficient (Wildman–Crippen LogP) is 4.43. The smallest absolute Gasteiger partial charge is 0.417 e. The van der Waals surface area contributed by atoms with Gasteiger partial charge in [0.1, 0.15) is 11.6 Å². The maximum Gasteiger partial charge on any atom is 0.417 e. The summed E-state index contributed by atoms with van der Waals surface area (Å²) in [5.41, 5.74) is -1.77. The van der Waals surface area contributed by atoms with Gasteiger partial charge in [-0.25, -0.2) is 0 Å². The lowest BCUT2D eigenvalue weighted by Gasteiger charge is -2.40. The second-order valence-corrected chi connectivity index (χ2v) is 9.76. The molecule has 39 heavy (non-hydrogen) atoms. The molecule has 1 aliphatic heterocycles. The van der Waals surface area contributed by atoms with Crippen LogP contribution in [-0.2, 0) is 11.0 Å². The van der Waals surface area contributed by atoms with Crippen molar-refractivity contribution in [2.45, 2.75) is 38.5 Å². The van der Waals surface area contributed by atoms with Gasteiger partial charge in [0, 0.05) is 51.3 Å². The largest absolute Gasteiger partial charge is 0.478 e. The van der Waals surface area contributed by atoms with Crippen LogP contribution in [-0.4, -0.2) is 65.0 Å². The van der Waals surface area contributed by atoms with E-state index in [2.05, 4.69) is 20.2 Å². The molecule has 0 spiro atoms. The molecule has 1 fully saturated rings. The molecule has 1 atom stereocenters. The third-order valence-electron chi connectivity index (χ3n) is 6.79. The van der Waals surface area contributed by atoms with Gasteiger partial charge in [-0.1, -0.05) is 17.7 Å². The summed E-state index contributed by atoms with van der Waals surface area (Å²) in [6.07, 6.45) is -0.361. The zero-order valence-corrected chi connectivity index (χ0v) is 21.9. The third kappa shape index (κ3) is 6.90. The fourth-order valence-corrected chi connectivity index (χ4v) is 4.62. The van der Waals surface area contributed by atoms with Gasteiger partial charge in [-0.3, -0.25) is 14.6 Å². The Morgan fingerprint density at radius 1 is 1.08 bits per heavy atom. The first-order valence-electron chi connectivity index (χ1n) is 12.8. The maximum atomic E-state index is 13.7. The molecule has 3 aromatic rings. The number of aryl methyl sites for hydroxylation is 1. The van der Waals surface area contributed by atoms with Crippen LogP contribution in [0.1, 0.15) is 41.3 Å². The average molecular weight is 544 g/mol. The summed E-state index contributed by atoms with van der Waals surface area (Å²) < 4.78 is 46.1. The van der Waals surface area contributed by atoms with Crippen molar-refractivity contribution in [3.05, 3.63) is 77.7 Å². The number of halogens is 3. The van der Waals surface area contributed by atoms with Crippen LogP contribution in [0.25, 0.3) is 0 Å². The molecule has 0 radical (unpaired) electrons. The van der Waals surface area contributed by atoms with Gasteiger partial charge in [0.05, 0.1) is 11.1 Å². The minimum atomic E-state index is -4.67. The summed E-state index contributed by atoms with van der Waals surface area (Å²) in [6.45, 7) is 6.09. The van der Waals surface area contributed by atoms with Crippen molar-refractivity contribution in [3.8, 4) is 5.75 Å². The van der Waals surface area contributed by atoms with Crippen LogP contribution < -0.4 is 15.0 Å². The monoisotopic (exact) mass is 543 g/mol. The zero-order chi connectivity index (χ0) is 28.0. The number of pyridine rings is 1. The van der Waals surface area contributed by atoms with Crippen molar-refractivity contribution in [1.29, 1.82) is 0 Å². The van der Waals surface area contributed by atoms with Crippen LogP contribution in [0.2, 0.25) is 0 Å². The Kier molecular flexibility index (Phi) is 8.47. The first-order valence-corrected chi connectivity index (χ1v) is 12.8. The van der Waals surface area contributed by atoms with Crippen molar-refractivity contribution >= 4 is 17.6 Å². The number of benzene rings is 1. The molecule has 0 saturated carbocycles. The number of H-pyrrole nitrogens is 1. The molecule has 208 valence electrons. The van der Waals surface area contributed by atoms with Crippen LogP contribution in [0.3, 0.4) is 0 Å². The number of hydrogen-bond donors (Lipinski definition) is 2. The summed E-state index contributed by atoms with van der Waals surface area (Å²) >= 11 is 0. The SMILES string of the molecule is Cc1ccc(OC(C)(CCCNC(=O)c2cnccc2C(F)(F)F)C(=O)N2CCN(c3ccc[nH]3)CC2)cc1. The van der Waals surface area contributed by atoms with E-state index in [1.54, 1.807) is 24.0 Å². The highest BCUT2D eigenvalue weighted by Crippen LogP contribution is 2.31. The van der Waals surface area contributed by atoms with Gasteiger partial charge in [-0.2, -0.15) is 13.2 Å². The Morgan fingerprint density at radius 3 is 2.44 bits per heavy atom. The molecule has 1 saturated heterocycles. The maximum absolute atomic E-state index is 13.7. The molecule has 0 aliphatic carbocycles. The lowest BCUT2D eigenvalue weighted by molar-refractivity contribution is -0.148. The van der Waals surface area contributed by atoms with Crippen molar-refractivity contribution < 1.29 is 27.5 Å². The first kappa shape index (κ1) is 28.0. The van der Waals surface area contributed by atoms with E-state index in [4.69, 9.17) is 4.74 Å². The van der Waals surface area contributed by atoms with E-state index in [1.807, 2.05) is 37.4 Å². The molecule has 2 N–H and O–H groups in total. The summed E-state index contributed by atoms with van der Waals surface area (Å²) in [4.78, 5) is 37.0. The standard InChI is InChI=1S/C28H32F3N5O3/c1-20-6-8-21(9-7-20)39-27(2,26(38)36-17-15-35(16-18-36)24-5-3-12-33-24)11-4-13-34-25(37)22-19-32-14-10-23(22)28(29,30)31/h3,5-10,12,14,19,33H,4,11,13,15-18H2,1-2H3,(H,34,37). The number of hydrogen-bond acceptors (Lipinski definition) is 5. The van der Waals surface area contributed by atoms with Gasteiger partial charge in [0.25, 0.3) is 11.8 Å². The van der Waals surface area contributed by atoms with Crippen LogP contribution >= 0.6 is 0 Å². The molecule has 4 rings (SSSR count). The van der Waals surface area contributed by atoms with Crippen molar-refractivity contribution in [2.24, 2.45) is 0 Å². The van der Waals surface area contributed by atoms with E-state index in [1.165, 1.54) is 0 Å². The van der Waals surface area contributed by atoms with Crippen LogP contribution in [0.5, 0.6) is 5.75 Å². The Bertz CT molecular complexity index is 1260. The Balaban J connectivity index is 1.41. The van der Waals surface area contributed by atoms with E-state index in [9.17, 15) is 22.8 Å². The van der Waals surface area contributed by atoms with Crippen molar-refractivity contribution in [1.82, 2.24) is 20.2 Å². The normalized spacial score (nSPS) is 15.5. The zero-order valence-electron chi connectivity index (χ0n) is 21.9. The number of nitrogens with one attached hydrogen (secondary N) is 2.